The summed E-state index contributed by atoms with van der Waals surface area (Å²) in [4.78, 5) is 11.5. The molecule has 0 saturated carbocycles. The zero-order chi connectivity index (χ0) is 12.4. The maximum atomic E-state index is 11.5. The fraction of sp³-hybridized carbons (Fsp3) is 0.250. The number of aromatic nitrogens is 1. The number of phenolic OH excluding ortho intramolecular Hbond substituents is 1. The lowest BCUT2D eigenvalue weighted by atomic mass is 10.1. The van der Waals surface area contributed by atoms with E-state index in [2.05, 4.69) is 5.73 Å². The van der Waals surface area contributed by atoms with Crippen molar-refractivity contribution >= 4 is 16.8 Å². The van der Waals surface area contributed by atoms with E-state index in [1.54, 1.807) is 29.0 Å². The van der Waals surface area contributed by atoms with Crippen LogP contribution in [0.1, 0.15) is 17.3 Å². The molecule has 0 amide bonds. The molecule has 0 radical (unpaired) electrons. The zero-order valence-corrected chi connectivity index (χ0v) is 9.03. The first-order chi connectivity index (χ1) is 8.13. The highest BCUT2D eigenvalue weighted by Crippen LogP contribution is 2.25. The highest BCUT2D eigenvalue weighted by atomic mass is 16.3. The van der Waals surface area contributed by atoms with Crippen LogP contribution in [0.15, 0.2) is 24.4 Å². The number of nitrogens with zero attached hydrogens (tertiary/aromatic N) is 1. The van der Waals surface area contributed by atoms with Gasteiger partial charge in [0.05, 0.1) is 5.52 Å². The van der Waals surface area contributed by atoms with Crippen molar-refractivity contribution in [1.29, 1.82) is 0 Å². The van der Waals surface area contributed by atoms with E-state index in [9.17, 15) is 9.90 Å². The molecule has 0 spiro atoms. The number of benzene rings is 1. The van der Waals surface area contributed by atoms with Crippen molar-refractivity contribution in [2.45, 2.75) is 13.3 Å². The normalized spacial score (nSPS) is 11.7. The van der Waals surface area contributed by atoms with Crippen LogP contribution in [0, 0.1) is 0 Å². The van der Waals surface area contributed by atoms with Gasteiger partial charge in [-0.25, -0.2) is 0 Å². The standard InChI is InChI=1S/C12H14N2O2/c1-8(15)14-7-9(4-5-13)11-6-10(16)2-3-12(11)14/h2-3,6-7,16H,4-5,13H2,1H3/i/hD. The number of carbonyl (C=O) groups excluding carboxylic acids is 1. The third-order valence-electron chi connectivity index (χ3n) is 2.60. The summed E-state index contributed by atoms with van der Waals surface area (Å²) in [6.45, 7) is 2.01. The van der Waals surface area contributed by atoms with Crippen LogP contribution in [-0.2, 0) is 6.42 Å². The van der Waals surface area contributed by atoms with E-state index in [0.717, 1.165) is 16.5 Å². The molecular formula is C12H14N2O2. The number of hydrogen-bond donors (Lipinski definition) is 2. The van der Waals surface area contributed by atoms with E-state index in [4.69, 9.17) is 1.41 Å². The molecule has 1 aromatic carbocycles. The van der Waals surface area contributed by atoms with Gasteiger partial charge in [0.15, 0.2) is 0 Å². The highest BCUT2D eigenvalue weighted by molar-refractivity contribution is 5.94. The fourth-order valence-corrected chi connectivity index (χ4v) is 1.88. The predicted molar refractivity (Wildman–Crippen MR) is 62.7 cm³/mol. The van der Waals surface area contributed by atoms with Crippen LogP contribution in [0.25, 0.3) is 10.9 Å². The number of rotatable bonds is 3. The second kappa shape index (κ2) is 3.98. The summed E-state index contributed by atoms with van der Waals surface area (Å²) in [5.41, 5.74) is 4.06. The Hall–Kier alpha value is -1.81. The van der Waals surface area contributed by atoms with Crippen molar-refractivity contribution in [3.05, 3.63) is 30.0 Å². The van der Waals surface area contributed by atoms with Gasteiger partial charge in [-0.15, -0.1) is 0 Å². The minimum absolute atomic E-state index is 0.0641. The molecule has 0 atom stereocenters. The average Bonchev–Trinajstić information content (AvgIpc) is 2.64. The van der Waals surface area contributed by atoms with Crippen molar-refractivity contribution in [3.63, 3.8) is 0 Å². The second-order valence-corrected chi connectivity index (χ2v) is 3.74. The van der Waals surface area contributed by atoms with Crippen molar-refractivity contribution in [3.8, 4) is 5.75 Å². The van der Waals surface area contributed by atoms with Crippen LogP contribution >= 0.6 is 0 Å². The number of carbonyl (C=O) groups is 1. The molecule has 4 nitrogen and oxygen atoms in total. The van der Waals surface area contributed by atoms with Gasteiger partial charge in [-0.3, -0.25) is 9.36 Å². The quantitative estimate of drug-likeness (QED) is 0.822. The molecule has 2 aromatic rings. The maximum absolute atomic E-state index is 11.5. The lowest BCUT2D eigenvalue weighted by molar-refractivity contribution is 0.0941. The third-order valence-corrected chi connectivity index (χ3v) is 2.60. The molecule has 84 valence electrons. The van der Waals surface area contributed by atoms with E-state index in [-0.39, 0.29) is 11.7 Å². The fourth-order valence-electron chi connectivity index (χ4n) is 1.88. The maximum Gasteiger partial charge on any atom is 0.227 e. The van der Waals surface area contributed by atoms with Crippen LogP contribution in [0.2, 0.25) is 1.41 Å². The third kappa shape index (κ3) is 1.67. The summed E-state index contributed by atoms with van der Waals surface area (Å²) in [5.74, 6) is 0.115. The molecule has 0 unspecified atom stereocenters. The molecule has 1 heterocycles. The van der Waals surface area contributed by atoms with Gasteiger partial charge in [-0.05, 0) is 36.7 Å². The smallest absolute Gasteiger partial charge is 0.227 e. The van der Waals surface area contributed by atoms with Crippen molar-refractivity contribution in [2.24, 2.45) is 5.73 Å². The van der Waals surface area contributed by atoms with Gasteiger partial charge in [0.2, 0.25) is 5.91 Å². The van der Waals surface area contributed by atoms with Crippen LogP contribution in [-0.4, -0.2) is 22.1 Å². The molecule has 0 aliphatic rings. The summed E-state index contributed by atoms with van der Waals surface area (Å²) in [7, 11) is 0. The van der Waals surface area contributed by atoms with Gasteiger partial charge in [0.1, 0.15) is 7.16 Å². The Morgan fingerprint density at radius 1 is 1.62 bits per heavy atom. The van der Waals surface area contributed by atoms with Crippen LogP contribution in [0.3, 0.4) is 0 Å². The van der Waals surface area contributed by atoms with Crippen molar-refractivity contribution in [2.75, 3.05) is 6.54 Å². The number of aromatic hydroxyl groups is 1. The number of nitrogens with two attached hydrogens (primary N) is 1. The Bertz CT molecular complexity index is 563. The summed E-state index contributed by atoms with van der Waals surface area (Å²) >= 11 is 0. The van der Waals surface area contributed by atoms with E-state index in [1.165, 1.54) is 6.92 Å². The number of phenols is 1. The molecule has 0 fully saturated rings. The molecule has 0 aliphatic heterocycles. The molecule has 0 bridgehead atoms. The summed E-state index contributed by atoms with van der Waals surface area (Å²) < 4.78 is 8.48. The van der Waals surface area contributed by atoms with E-state index in [1.807, 2.05) is 0 Å². The van der Waals surface area contributed by atoms with E-state index < -0.39 is 0 Å². The molecule has 3 N–H and O–H groups in total. The molecule has 0 aliphatic carbocycles. The lowest BCUT2D eigenvalue weighted by Crippen LogP contribution is -2.04. The Morgan fingerprint density at radius 3 is 3.12 bits per heavy atom. The van der Waals surface area contributed by atoms with Crippen LogP contribution < -0.4 is 5.73 Å². The monoisotopic (exact) mass is 219 g/mol. The molecule has 1 aromatic heterocycles. The lowest BCUT2D eigenvalue weighted by Gasteiger charge is -1.98. The molecule has 16 heavy (non-hydrogen) atoms. The second-order valence-electron chi connectivity index (χ2n) is 3.74. The minimum Gasteiger partial charge on any atom is -0.508 e. The molecule has 2 rings (SSSR count). The summed E-state index contributed by atoms with van der Waals surface area (Å²) in [6, 6.07) is 4.94. The van der Waals surface area contributed by atoms with Gasteiger partial charge in [-0.1, -0.05) is 0 Å². The Kier molecular flexibility index (Phi) is 2.34. The highest BCUT2D eigenvalue weighted by Gasteiger charge is 2.10. The number of hydrogen-bond acceptors (Lipinski definition) is 3. The average molecular weight is 219 g/mol. The summed E-state index contributed by atoms with van der Waals surface area (Å²) in [6.07, 6.45) is 2.41. The summed E-state index contributed by atoms with van der Waals surface area (Å²) in [5, 5.41) is 10.3. The molecule has 4 heteroatoms. The van der Waals surface area contributed by atoms with Gasteiger partial charge < -0.3 is 10.8 Å². The van der Waals surface area contributed by atoms with E-state index >= 15 is 0 Å². The van der Waals surface area contributed by atoms with Crippen LogP contribution in [0.4, 0.5) is 0 Å². The Balaban J connectivity index is 2.58. The Morgan fingerprint density at radius 2 is 2.44 bits per heavy atom. The van der Waals surface area contributed by atoms with Crippen molar-refractivity contribution < 1.29 is 11.3 Å². The molecular weight excluding hydrogens is 204 g/mol. The van der Waals surface area contributed by atoms with Crippen molar-refractivity contribution in [1.82, 2.24) is 4.57 Å². The zero-order valence-electron chi connectivity index (χ0n) is 10.0. The van der Waals surface area contributed by atoms with Crippen LogP contribution in [0.5, 0.6) is 5.75 Å². The first kappa shape index (κ1) is 9.42. The topological polar surface area (TPSA) is 68.2 Å². The van der Waals surface area contributed by atoms with Gasteiger partial charge in [0, 0.05) is 18.5 Å². The molecule has 0 saturated heterocycles. The first-order valence-corrected chi connectivity index (χ1v) is 5.12. The SMILES string of the molecule is [2H]NCCc1cn(C(C)=O)c2ccc(O)cc12. The van der Waals surface area contributed by atoms with Gasteiger partial charge in [-0.2, -0.15) is 0 Å². The van der Waals surface area contributed by atoms with Gasteiger partial charge >= 0.3 is 0 Å². The van der Waals surface area contributed by atoms with Gasteiger partial charge in [0.25, 0.3) is 0 Å². The largest absolute Gasteiger partial charge is 0.508 e. The van der Waals surface area contributed by atoms with E-state index in [0.29, 0.717) is 13.0 Å². The minimum atomic E-state index is -0.0641. The first-order valence-electron chi connectivity index (χ1n) is 5.62. The Labute approximate surface area is 94.8 Å². The number of fused-ring (bicyclic) bond motifs is 1. The predicted octanol–water partition coefficient (Wildman–Crippen LogP) is 1.51.